The fourth-order valence-corrected chi connectivity index (χ4v) is 3.28. The van der Waals surface area contributed by atoms with Crippen LogP contribution in [0.4, 0.5) is 0 Å². The van der Waals surface area contributed by atoms with Gasteiger partial charge in [0.05, 0.1) is 11.0 Å². The standard InChI is InChI=1S/C23H22N2O/c1-17-9-8-12-20(15-17)26-18(2)23-24-21-13-6-7-14-22(21)25(23)16-19-10-4-3-5-11-19/h3-15,18H,16H2,1-2H3. The van der Waals surface area contributed by atoms with Crippen LogP contribution in [-0.4, -0.2) is 9.55 Å². The van der Waals surface area contributed by atoms with E-state index in [4.69, 9.17) is 9.72 Å². The molecule has 0 aliphatic rings. The van der Waals surface area contributed by atoms with Gasteiger partial charge in [-0.05, 0) is 49.2 Å². The maximum absolute atomic E-state index is 6.21. The Labute approximate surface area is 153 Å². The summed E-state index contributed by atoms with van der Waals surface area (Å²) in [5.74, 6) is 1.81. The fourth-order valence-electron chi connectivity index (χ4n) is 3.28. The molecule has 3 heteroatoms. The zero-order valence-electron chi connectivity index (χ0n) is 15.1. The Morgan fingerprint density at radius 1 is 0.923 bits per heavy atom. The quantitative estimate of drug-likeness (QED) is 0.476. The molecule has 26 heavy (non-hydrogen) atoms. The number of aryl methyl sites for hydroxylation is 1. The van der Waals surface area contributed by atoms with Gasteiger partial charge in [0.1, 0.15) is 5.75 Å². The molecule has 3 aromatic carbocycles. The minimum Gasteiger partial charge on any atom is -0.483 e. The molecule has 0 bridgehead atoms. The Bertz CT molecular complexity index is 1020. The van der Waals surface area contributed by atoms with E-state index < -0.39 is 0 Å². The molecule has 0 fully saturated rings. The van der Waals surface area contributed by atoms with E-state index in [1.165, 1.54) is 11.1 Å². The molecular formula is C23H22N2O. The zero-order valence-corrected chi connectivity index (χ0v) is 15.1. The summed E-state index contributed by atoms with van der Waals surface area (Å²) in [6, 6.07) is 26.9. The molecule has 0 spiro atoms. The highest BCUT2D eigenvalue weighted by Crippen LogP contribution is 2.26. The molecule has 0 aliphatic carbocycles. The van der Waals surface area contributed by atoms with E-state index >= 15 is 0 Å². The average Bonchev–Trinajstić information content (AvgIpc) is 3.01. The van der Waals surface area contributed by atoms with Crippen molar-refractivity contribution in [3.05, 3.63) is 95.8 Å². The number of ether oxygens (including phenoxy) is 1. The van der Waals surface area contributed by atoms with Crippen LogP contribution < -0.4 is 4.74 Å². The molecule has 130 valence electrons. The predicted octanol–water partition coefficient (Wildman–Crippen LogP) is 5.53. The van der Waals surface area contributed by atoms with Crippen LogP contribution >= 0.6 is 0 Å². The molecule has 0 saturated heterocycles. The maximum atomic E-state index is 6.21. The predicted molar refractivity (Wildman–Crippen MR) is 105 cm³/mol. The monoisotopic (exact) mass is 342 g/mol. The lowest BCUT2D eigenvalue weighted by Gasteiger charge is -2.17. The summed E-state index contributed by atoms with van der Waals surface area (Å²) in [6.45, 7) is 4.91. The third kappa shape index (κ3) is 3.33. The van der Waals surface area contributed by atoms with Crippen LogP contribution in [0.2, 0.25) is 0 Å². The Balaban J connectivity index is 1.72. The third-order valence-electron chi connectivity index (χ3n) is 4.53. The number of rotatable bonds is 5. The van der Waals surface area contributed by atoms with E-state index in [2.05, 4.69) is 73.0 Å². The maximum Gasteiger partial charge on any atom is 0.153 e. The minimum absolute atomic E-state index is 0.145. The summed E-state index contributed by atoms with van der Waals surface area (Å²) in [5.41, 5.74) is 4.57. The first-order valence-electron chi connectivity index (χ1n) is 8.93. The summed E-state index contributed by atoms with van der Waals surface area (Å²) < 4.78 is 8.46. The molecule has 0 aliphatic heterocycles. The van der Waals surface area contributed by atoms with Crippen molar-refractivity contribution in [1.82, 2.24) is 9.55 Å². The number of hydrogen-bond acceptors (Lipinski definition) is 2. The van der Waals surface area contributed by atoms with Crippen molar-refractivity contribution in [2.45, 2.75) is 26.5 Å². The minimum atomic E-state index is -0.145. The van der Waals surface area contributed by atoms with Gasteiger partial charge in [-0.3, -0.25) is 0 Å². The molecule has 3 nitrogen and oxygen atoms in total. The second-order valence-corrected chi connectivity index (χ2v) is 6.61. The van der Waals surface area contributed by atoms with Gasteiger partial charge in [0.25, 0.3) is 0 Å². The molecule has 0 amide bonds. The second kappa shape index (κ2) is 7.04. The molecular weight excluding hydrogens is 320 g/mol. The summed E-state index contributed by atoms with van der Waals surface area (Å²) >= 11 is 0. The number of benzene rings is 3. The van der Waals surface area contributed by atoms with E-state index in [1.54, 1.807) is 0 Å². The lowest BCUT2D eigenvalue weighted by Crippen LogP contribution is -2.12. The molecule has 1 atom stereocenters. The molecule has 0 N–H and O–H groups in total. The Hall–Kier alpha value is -3.07. The van der Waals surface area contributed by atoms with Gasteiger partial charge in [-0.15, -0.1) is 0 Å². The molecule has 4 aromatic rings. The number of hydrogen-bond donors (Lipinski definition) is 0. The van der Waals surface area contributed by atoms with Gasteiger partial charge >= 0.3 is 0 Å². The molecule has 0 radical (unpaired) electrons. The number of aromatic nitrogens is 2. The molecule has 0 saturated carbocycles. The Morgan fingerprint density at radius 2 is 1.69 bits per heavy atom. The summed E-state index contributed by atoms with van der Waals surface area (Å²) in [6.07, 6.45) is -0.145. The van der Waals surface area contributed by atoms with Crippen LogP contribution in [0.5, 0.6) is 5.75 Å². The van der Waals surface area contributed by atoms with Crippen LogP contribution in [0.15, 0.2) is 78.9 Å². The van der Waals surface area contributed by atoms with Gasteiger partial charge in [-0.25, -0.2) is 4.98 Å². The van der Waals surface area contributed by atoms with Gasteiger partial charge < -0.3 is 9.30 Å². The van der Waals surface area contributed by atoms with Gasteiger partial charge in [-0.1, -0.05) is 54.6 Å². The molecule has 1 heterocycles. The first-order valence-corrected chi connectivity index (χ1v) is 8.93. The van der Waals surface area contributed by atoms with Crippen molar-refractivity contribution in [2.24, 2.45) is 0 Å². The van der Waals surface area contributed by atoms with Gasteiger partial charge in [-0.2, -0.15) is 0 Å². The molecule has 1 aromatic heterocycles. The molecule has 1 unspecified atom stereocenters. The van der Waals surface area contributed by atoms with Gasteiger partial charge in [0.15, 0.2) is 11.9 Å². The summed E-state index contributed by atoms with van der Waals surface area (Å²) in [4.78, 5) is 4.87. The highest BCUT2D eigenvalue weighted by atomic mass is 16.5. The van der Waals surface area contributed by atoms with E-state index in [0.29, 0.717) is 0 Å². The highest BCUT2D eigenvalue weighted by Gasteiger charge is 2.18. The van der Waals surface area contributed by atoms with Crippen LogP contribution in [0.1, 0.15) is 30.0 Å². The Kier molecular flexibility index (Phi) is 4.44. The van der Waals surface area contributed by atoms with E-state index in [0.717, 1.165) is 29.2 Å². The summed E-state index contributed by atoms with van der Waals surface area (Å²) in [5, 5.41) is 0. The second-order valence-electron chi connectivity index (χ2n) is 6.61. The van der Waals surface area contributed by atoms with Gasteiger partial charge in [0, 0.05) is 6.54 Å². The largest absolute Gasteiger partial charge is 0.483 e. The van der Waals surface area contributed by atoms with E-state index in [9.17, 15) is 0 Å². The van der Waals surface area contributed by atoms with Crippen molar-refractivity contribution in [2.75, 3.05) is 0 Å². The van der Waals surface area contributed by atoms with Crippen LogP contribution in [0.25, 0.3) is 11.0 Å². The van der Waals surface area contributed by atoms with E-state index in [1.807, 2.05) is 24.3 Å². The van der Waals surface area contributed by atoms with Crippen molar-refractivity contribution in [3.63, 3.8) is 0 Å². The fraction of sp³-hybridized carbons (Fsp3) is 0.174. The van der Waals surface area contributed by atoms with Crippen molar-refractivity contribution < 1.29 is 4.74 Å². The highest BCUT2D eigenvalue weighted by molar-refractivity contribution is 5.76. The third-order valence-corrected chi connectivity index (χ3v) is 4.53. The summed E-state index contributed by atoms with van der Waals surface area (Å²) in [7, 11) is 0. The van der Waals surface area contributed by atoms with Crippen molar-refractivity contribution in [3.8, 4) is 5.75 Å². The van der Waals surface area contributed by atoms with E-state index in [-0.39, 0.29) is 6.10 Å². The normalized spacial score (nSPS) is 12.2. The number of para-hydroxylation sites is 2. The topological polar surface area (TPSA) is 27.1 Å². The van der Waals surface area contributed by atoms with Crippen molar-refractivity contribution in [1.29, 1.82) is 0 Å². The lowest BCUT2D eigenvalue weighted by atomic mass is 10.2. The zero-order chi connectivity index (χ0) is 17.9. The van der Waals surface area contributed by atoms with Gasteiger partial charge in [0.2, 0.25) is 0 Å². The first-order chi connectivity index (χ1) is 12.7. The lowest BCUT2D eigenvalue weighted by molar-refractivity contribution is 0.212. The SMILES string of the molecule is Cc1cccc(OC(C)c2nc3ccccc3n2Cc2ccccc2)c1. The number of fused-ring (bicyclic) bond motifs is 1. The van der Waals surface area contributed by atoms with Crippen molar-refractivity contribution >= 4 is 11.0 Å². The Morgan fingerprint density at radius 3 is 2.50 bits per heavy atom. The first kappa shape index (κ1) is 16.4. The number of nitrogens with zero attached hydrogens (tertiary/aromatic N) is 2. The van der Waals surface area contributed by atoms with Crippen LogP contribution in [-0.2, 0) is 6.54 Å². The smallest absolute Gasteiger partial charge is 0.153 e. The molecule has 4 rings (SSSR count). The van der Waals surface area contributed by atoms with Crippen LogP contribution in [0, 0.1) is 6.92 Å². The number of imidazole rings is 1. The average molecular weight is 342 g/mol. The van der Waals surface area contributed by atoms with Crippen LogP contribution in [0.3, 0.4) is 0 Å².